The summed E-state index contributed by atoms with van der Waals surface area (Å²) >= 11 is 2.48. The molecule has 2 heteroatoms. The molecule has 0 saturated heterocycles. The summed E-state index contributed by atoms with van der Waals surface area (Å²) in [6, 6.07) is 0. The number of alkyl halides is 1. The Morgan fingerprint density at radius 1 is 1.46 bits per heavy atom. The standard InChI is InChI=1S/C11H22IN/c1-6-13(7-2)9-10(8-12)11(3,4)5/h6,10H,1,7-9H2,2-5H3. The lowest BCUT2D eigenvalue weighted by molar-refractivity contribution is 0.208. The number of rotatable bonds is 5. The molecule has 0 amide bonds. The lowest BCUT2D eigenvalue weighted by Gasteiger charge is -2.33. The second-order valence-electron chi connectivity index (χ2n) is 4.49. The zero-order valence-corrected chi connectivity index (χ0v) is 11.5. The van der Waals surface area contributed by atoms with Gasteiger partial charge < -0.3 is 4.90 Å². The molecule has 1 nitrogen and oxygen atoms in total. The zero-order valence-electron chi connectivity index (χ0n) is 9.31. The average molecular weight is 295 g/mol. The quantitative estimate of drug-likeness (QED) is 0.554. The number of halogens is 1. The molecule has 0 aromatic heterocycles. The van der Waals surface area contributed by atoms with Crippen molar-refractivity contribution in [2.45, 2.75) is 27.7 Å². The van der Waals surface area contributed by atoms with Gasteiger partial charge in [0.2, 0.25) is 0 Å². The molecule has 0 heterocycles. The summed E-state index contributed by atoms with van der Waals surface area (Å²) < 4.78 is 1.21. The van der Waals surface area contributed by atoms with Crippen LogP contribution < -0.4 is 0 Å². The molecule has 0 radical (unpaired) electrons. The van der Waals surface area contributed by atoms with Gasteiger partial charge in [0.1, 0.15) is 0 Å². The van der Waals surface area contributed by atoms with Crippen LogP contribution in [0.3, 0.4) is 0 Å². The van der Waals surface area contributed by atoms with E-state index < -0.39 is 0 Å². The monoisotopic (exact) mass is 295 g/mol. The van der Waals surface area contributed by atoms with Gasteiger partial charge in [-0.2, -0.15) is 0 Å². The van der Waals surface area contributed by atoms with E-state index in [4.69, 9.17) is 0 Å². The summed E-state index contributed by atoms with van der Waals surface area (Å²) in [6.07, 6.45) is 1.95. The zero-order chi connectivity index (χ0) is 10.5. The molecule has 0 rings (SSSR count). The highest BCUT2D eigenvalue weighted by Crippen LogP contribution is 2.28. The molecular formula is C11H22IN. The SMILES string of the molecule is C=CN(CC)CC(CI)C(C)(C)C. The third-order valence-corrected chi connectivity index (χ3v) is 3.59. The van der Waals surface area contributed by atoms with E-state index in [1.807, 2.05) is 6.20 Å². The molecule has 1 unspecified atom stereocenters. The Labute approximate surface area is 96.7 Å². The molecule has 0 saturated carbocycles. The Hall–Kier alpha value is 0.270. The van der Waals surface area contributed by atoms with Crippen molar-refractivity contribution < 1.29 is 0 Å². The molecule has 0 aliphatic carbocycles. The maximum Gasteiger partial charge on any atom is 0.0212 e. The van der Waals surface area contributed by atoms with Crippen molar-refractivity contribution in [2.75, 3.05) is 17.5 Å². The fraction of sp³-hybridized carbons (Fsp3) is 0.818. The van der Waals surface area contributed by atoms with E-state index in [9.17, 15) is 0 Å². The van der Waals surface area contributed by atoms with Crippen molar-refractivity contribution in [3.63, 3.8) is 0 Å². The molecule has 0 fully saturated rings. The van der Waals surface area contributed by atoms with E-state index in [2.05, 4.69) is 61.8 Å². The minimum Gasteiger partial charge on any atom is -0.378 e. The third kappa shape index (κ3) is 4.89. The smallest absolute Gasteiger partial charge is 0.0212 e. The van der Waals surface area contributed by atoms with Crippen molar-refractivity contribution in [3.8, 4) is 0 Å². The molecule has 0 aromatic rings. The highest BCUT2D eigenvalue weighted by atomic mass is 127. The van der Waals surface area contributed by atoms with Crippen LogP contribution in [0.2, 0.25) is 0 Å². The van der Waals surface area contributed by atoms with E-state index in [0.29, 0.717) is 5.41 Å². The number of nitrogens with zero attached hydrogens (tertiary/aromatic N) is 1. The van der Waals surface area contributed by atoms with Crippen molar-refractivity contribution in [1.29, 1.82) is 0 Å². The van der Waals surface area contributed by atoms with Gasteiger partial charge in [0, 0.05) is 17.5 Å². The summed E-state index contributed by atoms with van der Waals surface area (Å²) in [5, 5.41) is 0. The van der Waals surface area contributed by atoms with Crippen LogP contribution in [0.25, 0.3) is 0 Å². The van der Waals surface area contributed by atoms with Crippen LogP contribution in [0.15, 0.2) is 12.8 Å². The minimum atomic E-state index is 0.400. The van der Waals surface area contributed by atoms with E-state index in [1.54, 1.807) is 0 Å². The summed E-state index contributed by atoms with van der Waals surface area (Å²) in [7, 11) is 0. The van der Waals surface area contributed by atoms with E-state index in [0.717, 1.165) is 19.0 Å². The van der Waals surface area contributed by atoms with Crippen LogP contribution in [0, 0.1) is 11.3 Å². The first kappa shape index (κ1) is 13.3. The summed E-state index contributed by atoms with van der Waals surface area (Å²) in [4.78, 5) is 2.29. The summed E-state index contributed by atoms with van der Waals surface area (Å²) in [5.74, 6) is 0.742. The lowest BCUT2D eigenvalue weighted by Crippen LogP contribution is -2.33. The number of hydrogen-bond donors (Lipinski definition) is 0. The second kappa shape index (κ2) is 5.89. The summed E-state index contributed by atoms with van der Waals surface area (Å²) in [6.45, 7) is 15.1. The van der Waals surface area contributed by atoms with E-state index in [-0.39, 0.29) is 0 Å². The Bertz CT molecular complexity index is 149. The maximum atomic E-state index is 3.82. The molecule has 0 aromatic carbocycles. The fourth-order valence-corrected chi connectivity index (χ4v) is 2.77. The summed E-state index contributed by atoms with van der Waals surface area (Å²) in [5.41, 5.74) is 0.400. The van der Waals surface area contributed by atoms with Crippen molar-refractivity contribution in [2.24, 2.45) is 11.3 Å². The predicted molar refractivity (Wildman–Crippen MR) is 69.3 cm³/mol. The third-order valence-electron chi connectivity index (χ3n) is 2.53. The molecule has 1 atom stereocenters. The van der Waals surface area contributed by atoms with Crippen molar-refractivity contribution in [1.82, 2.24) is 4.90 Å². The minimum absolute atomic E-state index is 0.400. The highest BCUT2D eigenvalue weighted by Gasteiger charge is 2.24. The topological polar surface area (TPSA) is 3.24 Å². The molecular weight excluding hydrogens is 273 g/mol. The van der Waals surface area contributed by atoms with E-state index >= 15 is 0 Å². The second-order valence-corrected chi connectivity index (χ2v) is 5.37. The van der Waals surface area contributed by atoms with Crippen LogP contribution in [-0.4, -0.2) is 22.4 Å². The molecule has 0 aliphatic rings. The lowest BCUT2D eigenvalue weighted by atomic mass is 9.82. The Balaban J connectivity index is 4.19. The molecule has 78 valence electrons. The molecule has 13 heavy (non-hydrogen) atoms. The molecule has 0 aliphatic heterocycles. The van der Waals surface area contributed by atoms with Gasteiger partial charge in [-0.15, -0.1) is 0 Å². The average Bonchev–Trinajstić information content (AvgIpc) is 2.04. The first-order valence-corrected chi connectivity index (χ1v) is 6.40. The first-order chi connectivity index (χ1) is 5.95. The first-order valence-electron chi connectivity index (χ1n) is 4.88. The predicted octanol–water partition coefficient (Wildman–Crippen LogP) is 3.55. The Morgan fingerprint density at radius 3 is 2.23 bits per heavy atom. The largest absolute Gasteiger partial charge is 0.378 e. The van der Waals surface area contributed by atoms with Gasteiger partial charge in [0.25, 0.3) is 0 Å². The van der Waals surface area contributed by atoms with Gasteiger partial charge in [-0.3, -0.25) is 0 Å². The van der Waals surface area contributed by atoms with Gasteiger partial charge in [-0.1, -0.05) is 49.9 Å². The van der Waals surface area contributed by atoms with Gasteiger partial charge in [-0.25, -0.2) is 0 Å². The Morgan fingerprint density at radius 2 is 2.00 bits per heavy atom. The molecule has 0 N–H and O–H groups in total. The van der Waals surface area contributed by atoms with Crippen molar-refractivity contribution >= 4 is 22.6 Å². The van der Waals surface area contributed by atoms with Gasteiger partial charge in [0.05, 0.1) is 0 Å². The number of hydrogen-bond acceptors (Lipinski definition) is 1. The Kier molecular flexibility index (Phi) is 6.01. The normalized spacial score (nSPS) is 13.9. The highest BCUT2D eigenvalue weighted by molar-refractivity contribution is 14.1. The maximum absolute atomic E-state index is 3.82. The van der Waals surface area contributed by atoms with Crippen LogP contribution >= 0.6 is 22.6 Å². The van der Waals surface area contributed by atoms with Crippen LogP contribution in [0.1, 0.15) is 27.7 Å². The van der Waals surface area contributed by atoms with Gasteiger partial charge in [0.15, 0.2) is 0 Å². The van der Waals surface area contributed by atoms with Crippen LogP contribution in [0.4, 0.5) is 0 Å². The van der Waals surface area contributed by atoms with Gasteiger partial charge in [-0.05, 0) is 24.5 Å². The van der Waals surface area contributed by atoms with Crippen LogP contribution in [-0.2, 0) is 0 Å². The van der Waals surface area contributed by atoms with Gasteiger partial charge >= 0.3 is 0 Å². The van der Waals surface area contributed by atoms with Crippen LogP contribution in [0.5, 0.6) is 0 Å². The van der Waals surface area contributed by atoms with E-state index in [1.165, 1.54) is 4.43 Å². The van der Waals surface area contributed by atoms with Crippen molar-refractivity contribution in [3.05, 3.63) is 12.8 Å². The molecule has 0 spiro atoms. The fourth-order valence-electron chi connectivity index (χ4n) is 1.17. The molecule has 0 bridgehead atoms.